The lowest BCUT2D eigenvalue weighted by Crippen LogP contribution is -2.38. The van der Waals surface area contributed by atoms with Gasteiger partial charge in [0.05, 0.1) is 16.9 Å². The molecule has 0 radical (unpaired) electrons. The fraction of sp³-hybridized carbons (Fsp3) is 0.300. The van der Waals surface area contributed by atoms with Crippen LogP contribution in [0.25, 0.3) is 0 Å². The molecular formula is C20H20N2O3. The Morgan fingerprint density at radius 3 is 2.60 bits per heavy atom. The lowest BCUT2D eigenvalue weighted by atomic mass is 9.98. The molecule has 4 rings (SSSR count). The second-order valence-electron chi connectivity index (χ2n) is 6.46. The van der Waals surface area contributed by atoms with Crippen LogP contribution in [0.4, 0.5) is 11.4 Å². The zero-order valence-corrected chi connectivity index (χ0v) is 13.9. The molecule has 0 saturated carbocycles. The van der Waals surface area contributed by atoms with E-state index in [-0.39, 0.29) is 5.91 Å². The molecule has 0 aliphatic carbocycles. The molecule has 2 heterocycles. The van der Waals surface area contributed by atoms with Crippen LogP contribution in [0.1, 0.15) is 28.8 Å². The highest BCUT2D eigenvalue weighted by Crippen LogP contribution is 2.29. The van der Waals surface area contributed by atoms with Gasteiger partial charge in [-0.25, -0.2) is 4.79 Å². The van der Waals surface area contributed by atoms with Gasteiger partial charge < -0.3 is 15.0 Å². The summed E-state index contributed by atoms with van der Waals surface area (Å²) in [5.41, 5.74) is 3.19. The van der Waals surface area contributed by atoms with Crippen LogP contribution in [0.2, 0.25) is 0 Å². The van der Waals surface area contributed by atoms with E-state index in [1.165, 1.54) is 12.8 Å². The fourth-order valence-electron chi connectivity index (χ4n) is 3.50. The molecule has 2 aliphatic rings. The average Bonchev–Trinajstić information content (AvgIpc) is 3.16. The molecular weight excluding hydrogens is 316 g/mol. The van der Waals surface area contributed by atoms with Gasteiger partial charge >= 0.3 is 5.97 Å². The second-order valence-corrected chi connectivity index (χ2v) is 6.46. The number of hydrogen-bond acceptors (Lipinski definition) is 4. The van der Waals surface area contributed by atoms with Gasteiger partial charge in [0.1, 0.15) is 0 Å². The average molecular weight is 336 g/mol. The van der Waals surface area contributed by atoms with Gasteiger partial charge in [0.2, 0.25) is 0 Å². The maximum absolute atomic E-state index is 12.7. The van der Waals surface area contributed by atoms with E-state index in [0.29, 0.717) is 12.0 Å². The van der Waals surface area contributed by atoms with E-state index in [1.54, 1.807) is 12.1 Å². The number of hydrogen-bond donors (Lipinski definition) is 1. The Morgan fingerprint density at radius 1 is 1.04 bits per heavy atom. The van der Waals surface area contributed by atoms with E-state index in [0.717, 1.165) is 30.0 Å². The Morgan fingerprint density at radius 2 is 1.76 bits per heavy atom. The molecule has 2 aliphatic heterocycles. The number of carbonyl (C=O) groups is 2. The third-order valence-electron chi connectivity index (χ3n) is 4.79. The Labute approximate surface area is 146 Å². The number of benzene rings is 2. The number of amides is 1. The molecule has 1 atom stereocenters. The second kappa shape index (κ2) is 6.59. The molecule has 2 aromatic rings. The molecule has 1 amide bonds. The van der Waals surface area contributed by atoms with E-state index in [9.17, 15) is 9.59 Å². The molecule has 0 aromatic heterocycles. The van der Waals surface area contributed by atoms with Gasteiger partial charge in [-0.2, -0.15) is 0 Å². The van der Waals surface area contributed by atoms with Gasteiger partial charge in [0.15, 0.2) is 6.10 Å². The first kappa shape index (κ1) is 15.7. The summed E-state index contributed by atoms with van der Waals surface area (Å²) in [5, 5.41) is 2.95. The predicted molar refractivity (Wildman–Crippen MR) is 95.9 cm³/mol. The number of rotatable bonds is 3. The monoisotopic (exact) mass is 336 g/mol. The van der Waals surface area contributed by atoms with Gasteiger partial charge in [-0.1, -0.05) is 30.3 Å². The van der Waals surface area contributed by atoms with Crippen LogP contribution in [0.5, 0.6) is 0 Å². The Hall–Kier alpha value is -2.82. The van der Waals surface area contributed by atoms with Crippen LogP contribution in [0.15, 0.2) is 48.5 Å². The summed E-state index contributed by atoms with van der Waals surface area (Å²) in [7, 11) is 0. The molecule has 1 saturated heterocycles. The largest absolute Gasteiger partial charge is 0.448 e. The van der Waals surface area contributed by atoms with Crippen LogP contribution >= 0.6 is 0 Å². The normalized spacial score (nSPS) is 19.3. The zero-order valence-electron chi connectivity index (χ0n) is 13.9. The van der Waals surface area contributed by atoms with E-state index in [4.69, 9.17) is 4.74 Å². The number of para-hydroxylation sites is 2. The highest BCUT2D eigenvalue weighted by atomic mass is 16.5. The molecule has 25 heavy (non-hydrogen) atoms. The van der Waals surface area contributed by atoms with E-state index in [2.05, 4.69) is 10.2 Å². The van der Waals surface area contributed by atoms with Crippen molar-refractivity contribution in [1.29, 1.82) is 0 Å². The maximum Gasteiger partial charge on any atom is 0.339 e. The number of nitrogens with one attached hydrogen (secondary N) is 1. The molecule has 128 valence electrons. The Bertz CT molecular complexity index is 812. The summed E-state index contributed by atoms with van der Waals surface area (Å²) in [6.07, 6.45) is 1.94. The first-order valence-corrected chi connectivity index (χ1v) is 8.66. The minimum atomic E-state index is -0.797. The van der Waals surface area contributed by atoms with E-state index in [1.807, 2.05) is 36.4 Å². The third kappa shape index (κ3) is 3.09. The number of anilines is 2. The first-order valence-electron chi connectivity index (χ1n) is 8.66. The molecule has 1 N–H and O–H groups in total. The van der Waals surface area contributed by atoms with Crippen molar-refractivity contribution in [3.63, 3.8) is 0 Å². The van der Waals surface area contributed by atoms with Gasteiger partial charge in [-0.05, 0) is 36.6 Å². The summed E-state index contributed by atoms with van der Waals surface area (Å²) in [6, 6.07) is 15.1. The summed E-state index contributed by atoms with van der Waals surface area (Å²) >= 11 is 0. The number of esters is 1. The predicted octanol–water partition coefficient (Wildman–Crippen LogP) is 3.01. The van der Waals surface area contributed by atoms with Crippen molar-refractivity contribution in [3.05, 3.63) is 59.7 Å². The third-order valence-corrected chi connectivity index (χ3v) is 4.79. The minimum Gasteiger partial charge on any atom is -0.448 e. The summed E-state index contributed by atoms with van der Waals surface area (Å²) < 4.78 is 5.35. The van der Waals surface area contributed by atoms with Crippen LogP contribution < -0.4 is 10.2 Å². The van der Waals surface area contributed by atoms with Gasteiger partial charge in [0.25, 0.3) is 5.91 Å². The number of fused-ring (bicyclic) bond motifs is 1. The van der Waals surface area contributed by atoms with Crippen LogP contribution in [0, 0.1) is 0 Å². The topological polar surface area (TPSA) is 58.6 Å². The van der Waals surface area contributed by atoms with Crippen molar-refractivity contribution in [1.82, 2.24) is 0 Å². The summed E-state index contributed by atoms with van der Waals surface area (Å²) in [6.45, 7) is 2.00. The molecule has 5 heteroatoms. The van der Waals surface area contributed by atoms with Crippen LogP contribution in [-0.2, 0) is 16.0 Å². The molecule has 1 fully saturated rings. The lowest BCUT2D eigenvalue weighted by molar-refractivity contribution is -0.125. The Kier molecular flexibility index (Phi) is 4.14. The van der Waals surface area contributed by atoms with Crippen LogP contribution in [0.3, 0.4) is 0 Å². The van der Waals surface area contributed by atoms with Crippen molar-refractivity contribution < 1.29 is 14.3 Å². The maximum atomic E-state index is 12.7. The lowest BCUT2D eigenvalue weighted by Gasteiger charge is -2.25. The van der Waals surface area contributed by atoms with E-state index >= 15 is 0 Å². The fourth-order valence-corrected chi connectivity index (χ4v) is 3.50. The van der Waals surface area contributed by atoms with Gasteiger partial charge in [0, 0.05) is 19.5 Å². The quantitative estimate of drug-likeness (QED) is 0.876. The molecule has 2 aromatic carbocycles. The molecule has 0 bridgehead atoms. The molecule has 5 nitrogen and oxygen atoms in total. The number of cyclic esters (lactones) is 1. The molecule has 0 spiro atoms. The van der Waals surface area contributed by atoms with Crippen molar-refractivity contribution in [3.8, 4) is 0 Å². The van der Waals surface area contributed by atoms with Gasteiger partial charge in [-0.3, -0.25) is 4.79 Å². The van der Waals surface area contributed by atoms with Crippen molar-refractivity contribution >= 4 is 23.3 Å². The zero-order chi connectivity index (χ0) is 17.2. The Balaban J connectivity index is 1.53. The van der Waals surface area contributed by atoms with Crippen LogP contribution in [-0.4, -0.2) is 31.1 Å². The van der Waals surface area contributed by atoms with Crippen molar-refractivity contribution in [2.24, 2.45) is 0 Å². The van der Waals surface area contributed by atoms with Crippen molar-refractivity contribution in [2.75, 3.05) is 23.3 Å². The van der Waals surface area contributed by atoms with Gasteiger partial charge in [-0.15, -0.1) is 0 Å². The highest BCUT2D eigenvalue weighted by Gasteiger charge is 2.31. The minimum absolute atomic E-state index is 0.283. The number of nitrogens with zero attached hydrogens (tertiary/aromatic N) is 1. The van der Waals surface area contributed by atoms with E-state index < -0.39 is 12.1 Å². The highest BCUT2D eigenvalue weighted by molar-refractivity contribution is 6.01. The number of carbonyl (C=O) groups excluding carboxylic acids is 2. The summed E-state index contributed by atoms with van der Waals surface area (Å²) in [5.74, 6) is -0.718. The smallest absolute Gasteiger partial charge is 0.339 e. The number of ether oxygens (including phenoxy) is 1. The van der Waals surface area contributed by atoms with Crippen molar-refractivity contribution in [2.45, 2.75) is 25.4 Å². The summed E-state index contributed by atoms with van der Waals surface area (Å²) in [4.78, 5) is 27.1. The first-order chi connectivity index (χ1) is 12.2. The molecule has 0 unspecified atom stereocenters. The SMILES string of the molecule is O=C1O[C@H](C(=O)Nc2ccccc2N2CCCC2)Cc2ccccc21. The standard InChI is InChI=1S/C20H20N2O3/c23-19(18-13-14-7-1-2-8-15(14)20(24)25-18)21-16-9-3-4-10-17(16)22-11-5-6-12-22/h1-4,7-10,18H,5-6,11-13H2,(H,21,23)/t18-/m0/s1.